The number of hydrogen-bond acceptors (Lipinski definition) is 1. The quantitative estimate of drug-likeness (QED) is 0.510. The van der Waals surface area contributed by atoms with E-state index >= 15 is 0 Å². The van der Waals surface area contributed by atoms with Gasteiger partial charge in [-0.3, -0.25) is 0 Å². The molecule has 1 heteroatoms. The molecule has 2 rings (SSSR count). The number of fused-ring (bicyclic) bond motifs is 1. The molecule has 0 aliphatic heterocycles. The number of aldehydes is 1. The second kappa shape index (κ2) is 4.73. The summed E-state index contributed by atoms with van der Waals surface area (Å²) in [4.78, 5) is 11.1. The lowest BCUT2D eigenvalue weighted by molar-refractivity contribution is -0.113. The molecule has 16 heavy (non-hydrogen) atoms. The maximum Gasteiger partial charge on any atom is 0.123 e. The summed E-state index contributed by atoms with van der Waals surface area (Å²) in [6.07, 6.45) is 8.52. The minimum absolute atomic E-state index is 0.307. The summed E-state index contributed by atoms with van der Waals surface area (Å²) < 4.78 is 0. The van der Waals surface area contributed by atoms with Gasteiger partial charge in [0.05, 0.1) is 0 Å². The van der Waals surface area contributed by atoms with Crippen molar-refractivity contribution in [1.29, 1.82) is 0 Å². The van der Waals surface area contributed by atoms with Crippen molar-refractivity contribution in [3.8, 4) is 0 Å². The van der Waals surface area contributed by atoms with Gasteiger partial charge >= 0.3 is 0 Å². The van der Waals surface area contributed by atoms with Gasteiger partial charge in [0.2, 0.25) is 0 Å². The third-order valence-electron chi connectivity index (χ3n) is 4.75. The Bertz CT molecular complexity index is 290. The van der Waals surface area contributed by atoms with Gasteiger partial charge in [0.1, 0.15) is 6.29 Å². The van der Waals surface area contributed by atoms with Gasteiger partial charge in [0.25, 0.3) is 0 Å². The Morgan fingerprint density at radius 2 is 2.19 bits per heavy atom. The molecule has 0 heterocycles. The van der Waals surface area contributed by atoms with Crippen LogP contribution in [0.2, 0.25) is 0 Å². The fraction of sp³-hybridized carbons (Fsp3) is 0.800. The maximum atomic E-state index is 11.1. The van der Waals surface area contributed by atoms with Crippen LogP contribution < -0.4 is 0 Å². The van der Waals surface area contributed by atoms with Crippen molar-refractivity contribution in [3.05, 3.63) is 11.6 Å². The minimum atomic E-state index is 0.307. The molecular weight excluding hydrogens is 196 g/mol. The molecule has 0 aromatic heterocycles. The Labute approximate surface area is 99.3 Å². The maximum absolute atomic E-state index is 11.1. The van der Waals surface area contributed by atoms with Gasteiger partial charge in [0.15, 0.2) is 0 Å². The molecule has 0 spiro atoms. The van der Waals surface area contributed by atoms with Crippen molar-refractivity contribution in [2.24, 2.45) is 29.6 Å². The van der Waals surface area contributed by atoms with Crippen LogP contribution in [0.4, 0.5) is 0 Å². The van der Waals surface area contributed by atoms with E-state index in [1.54, 1.807) is 5.57 Å². The highest BCUT2D eigenvalue weighted by Crippen LogP contribution is 2.46. The first-order valence-corrected chi connectivity index (χ1v) is 6.77. The van der Waals surface area contributed by atoms with E-state index in [2.05, 4.69) is 26.8 Å². The van der Waals surface area contributed by atoms with Crippen LogP contribution in [0.15, 0.2) is 11.6 Å². The largest absolute Gasteiger partial charge is 0.303 e. The Morgan fingerprint density at radius 3 is 2.81 bits per heavy atom. The number of carbonyl (C=O) groups excluding carboxylic acids is 1. The second-order valence-electron chi connectivity index (χ2n) is 6.09. The van der Waals surface area contributed by atoms with Crippen molar-refractivity contribution < 1.29 is 4.79 Å². The number of rotatable bonds is 2. The third kappa shape index (κ3) is 2.09. The summed E-state index contributed by atoms with van der Waals surface area (Å²) in [5.41, 5.74) is 1.66. The molecule has 1 fully saturated rings. The van der Waals surface area contributed by atoms with Gasteiger partial charge in [-0.2, -0.15) is 0 Å². The number of hydrogen-bond donors (Lipinski definition) is 0. The van der Waals surface area contributed by atoms with Crippen LogP contribution in [0.25, 0.3) is 0 Å². The summed E-state index contributed by atoms with van der Waals surface area (Å²) in [5.74, 6) is 3.15. The third-order valence-corrected chi connectivity index (χ3v) is 4.75. The predicted molar refractivity (Wildman–Crippen MR) is 67.1 cm³/mol. The summed E-state index contributed by atoms with van der Waals surface area (Å²) >= 11 is 0. The zero-order valence-corrected chi connectivity index (χ0v) is 10.8. The Morgan fingerprint density at radius 1 is 1.44 bits per heavy atom. The van der Waals surface area contributed by atoms with Crippen LogP contribution >= 0.6 is 0 Å². The van der Waals surface area contributed by atoms with E-state index in [4.69, 9.17) is 0 Å². The molecule has 90 valence electrons. The predicted octanol–water partition coefficient (Wildman–Crippen LogP) is 3.84. The molecular formula is C15H24O. The fourth-order valence-electron chi connectivity index (χ4n) is 3.69. The van der Waals surface area contributed by atoms with E-state index in [0.717, 1.165) is 24.7 Å². The molecule has 1 saturated carbocycles. The lowest BCUT2D eigenvalue weighted by Crippen LogP contribution is -2.34. The van der Waals surface area contributed by atoms with Gasteiger partial charge < -0.3 is 4.79 Å². The highest BCUT2D eigenvalue weighted by molar-refractivity contribution is 5.55. The summed E-state index contributed by atoms with van der Waals surface area (Å²) in [7, 11) is 0. The van der Waals surface area contributed by atoms with E-state index in [1.165, 1.54) is 19.1 Å². The SMILES string of the molecule is CC(C)C1CCC=C2CC(C)C(C=O)CC21. The highest BCUT2D eigenvalue weighted by Gasteiger charge is 2.37. The van der Waals surface area contributed by atoms with Gasteiger partial charge in [-0.05, 0) is 49.4 Å². The molecule has 0 aromatic carbocycles. The average Bonchev–Trinajstić information content (AvgIpc) is 2.26. The monoisotopic (exact) mass is 220 g/mol. The second-order valence-corrected chi connectivity index (χ2v) is 6.09. The van der Waals surface area contributed by atoms with Gasteiger partial charge in [-0.15, -0.1) is 0 Å². The van der Waals surface area contributed by atoms with E-state index < -0.39 is 0 Å². The highest BCUT2D eigenvalue weighted by atomic mass is 16.1. The van der Waals surface area contributed by atoms with Crippen molar-refractivity contribution in [2.45, 2.75) is 46.5 Å². The summed E-state index contributed by atoms with van der Waals surface area (Å²) in [6, 6.07) is 0. The van der Waals surface area contributed by atoms with Gasteiger partial charge in [-0.1, -0.05) is 32.4 Å². The molecule has 0 saturated heterocycles. The van der Waals surface area contributed by atoms with Crippen LogP contribution in [0.1, 0.15) is 46.5 Å². The van der Waals surface area contributed by atoms with Crippen molar-refractivity contribution in [1.82, 2.24) is 0 Å². The smallest absolute Gasteiger partial charge is 0.123 e. The molecule has 2 aliphatic rings. The van der Waals surface area contributed by atoms with Crippen LogP contribution in [0.5, 0.6) is 0 Å². The molecule has 4 unspecified atom stereocenters. The molecule has 0 bridgehead atoms. The van der Waals surface area contributed by atoms with Gasteiger partial charge in [0, 0.05) is 5.92 Å². The first kappa shape index (κ1) is 11.9. The van der Waals surface area contributed by atoms with Crippen molar-refractivity contribution in [2.75, 3.05) is 0 Å². The molecule has 4 atom stereocenters. The molecule has 1 nitrogen and oxygen atoms in total. The Balaban J connectivity index is 2.18. The van der Waals surface area contributed by atoms with E-state index in [0.29, 0.717) is 17.8 Å². The van der Waals surface area contributed by atoms with Crippen LogP contribution in [-0.4, -0.2) is 6.29 Å². The topological polar surface area (TPSA) is 17.1 Å². The van der Waals surface area contributed by atoms with E-state index in [-0.39, 0.29) is 0 Å². The first-order chi connectivity index (χ1) is 7.63. The van der Waals surface area contributed by atoms with Crippen molar-refractivity contribution >= 4 is 6.29 Å². The Kier molecular flexibility index (Phi) is 3.51. The molecule has 0 N–H and O–H groups in total. The fourth-order valence-corrected chi connectivity index (χ4v) is 3.69. The Hall–Kier alpha value is -0.590. The standard InChI is InChI=1S/C15H24O/c1-10(2)14-6-4-5-12-7-11(3)13(9-16)8-15(12)14/h5,9-11,13-15H,4,6-8H2,1-3H3. The molecule has 0 aromatic rings. The first-order valence-electron chi connectivity index (χ1n) is 6.77. The van der Waals surface area contributed by atoms with E-state index in [1.807, 2.05) is 0 Å². The lowest BCUT2D eigenvalue weighted by Gasteiger charge is -2.42. The lowest BCUT2D eigenvalue weighted by atomic mass is 9.62. The average molecular weight is 220 g/mol. The summed E-state index contributed by atoms with van der Waals surface area (Å²) in [6.45, 7) is 6.90. The van der Waals surface area contributed by atoms with Crippen molar-refractivity contribution in [3.63, 3.8) is 0 Å². The molecule has 2 aliphatic carbocycles. The summed E-state index contributed by atoms with van der Waals surface area (Å²) in [5, 5.41) is 0. The molecule has 0 radical (unpaired) electrons. The minimum Gasteiger partial charge on any atom is -0.303 e. The van der Waals surface area contributed by atoms with Crippen LogP contribution in [0.3, 0.4) is 0 Å². The normalized spacial score (nSPS) is 39.1. The van der Waals surface area contributed by atoms with Crippen LogP contribution in [-0.2, 0) is 4.79 Å². The van der Waals surface area contributed by atoms with E-state index in [9.17, 15) is 4.79 Å². The zero-order chi connectivity index (χ0) is 11.7. The number of allylic oxidation sites excluding steroid dienone is 2. The van der Waals surface area contributed by atoms with Crippen LogP contribution in [0, 0.1) is 29.6 Å². The number of carbonyl (C=O) groups is 1. The van der Waals surface area contributed by atoms with Gasteiger partial charge in [-0.25, -0.2) is 0 Å². The molecule has 0 amide bonds. The zero-order valence-electron chi connectivity index (χ0n) is 10.8.